The lowest BCUT2D eigenvalue weighted by Gasteiger charge is -2.37. The normalized spacial score (nSPS) is 29.9. The summed E-state index contributed by atoms with van der Waals surface area (Å²) in [6.07, 6.45) is 1.50. The lowest BCUT2D eigenvalue weighted by atomic mass is 9.66. The van der Waals surface area contributed by atoms with Crippen molar-refractivity contribution < 1.29 is 24.2 Å². The van der Waals surface area contributed by atoms with E-state index in [9.17, 15) is 19.5 Å². The number of carbonyl (C=O) groups is 3. The summed E-state index contributed by atoms with van der Waals surface area (Å²) in [6, 6.07) is 14.9. The van der Waals surface area contributed by atoms with Crippen LogP contribution in [0.25, 0.3) is 0 Å². The second-order valence-corrected chi connectivity index (χ2v) is 12.0. The Morgan fingerprint density at radius 2 is 1.79 bits per heavy atom. The summed E-state index contributed by atoms with van der Waals surface area (Å²) in [5.41, 5.74) is -0.695. The molecule has 3 fully saturated rings. The molecule has 0 aliphatic carbocycles. The number of para-hydroxylation sites is 1. The Morgan fingerprint density at radius 1 is 1.10 bits per heavy atom. The zero-order valence-electron chi connectivity index (χ0n) is 22.5. The third kappa shape index (κ3) is 4.72. The van der Waals surface area contributed by atoms with E-state index in [1.165, 1.54) is 4.90 Å². The summed E-state index contributed by atoms with van der Waals surface area (Å²) in [5, 5.41) is 16.7. The number of rotatable bonds is 9. The van der Waals surface area contributed by atoms with Crippen LogP contribution in [0.2, 0.25) is 5.02 Å². The van der Waals surface area contributed by atoms with E-state index >= 15 is 0 Å². The molecule has 1 spiro atoms. The summed E-state index contributed by atoms with van der Waals surface area (Å²) in [7, 11) is 0. The molecule has 2 bridgehead atoms. The van der Waals surface area contributed by atoms with Crippen molar-refractivity contribution in [2.45, 2.75) is 69.9 Å². The number of ether oxygens (including phenoxy) is 1. The van der Waals surface area contributed by atoms with Crippen LogP contribution in [0.5, 0.6) is 0 Å². The first-order valence-corrected chi connectivity index (χ1v) is 14.0. The summed E-state index contributed by atoms with van der Waals surface area (Å²) >= 11 is 6.34. The minimum Gasteiger partial charge on any atom is -0.394 e. The van der Waals surface area contributed by atoms with Gasteiger partial charge in [-0.1, -0.05) is 67.9 Å². The van der Waals surface area contributed by atoms with Crippen LogP contribution in [0, 0.1) is 17.8 Å². The molecular formula is C30H36ClN3O5. The molecule has 208 valence electrons. The Balaban J connectivity index is 1.51. The highest BCUT2D eigenvalue weighted by Gasteiger charge is 2.78. The van der Waals surface area contributed by atoms with Crippen molar-refractivity contribution in [1.82, 2.24) is 10.2 Å². The molecule has 3 aliphatic rings. The number of anilines is 1. The van der Waals surface area contributed by atoms with Gasteiger partial charge in [0.1, 0.15) is 11.6 Å². The van der Waals surface area contributed by atoms with Crippen molar-refractivity contribution in [2.75, 3.05) is 11.9 Å². The average Bonchev–Trinajstić information content (AvgIpc) is 3.48. The molecule has 3 heterocycles. The van der Waals surface area contributed by atoms with E-state index in [-0.39, 0.29) is 24.3 Å². The minimum atomic E-state index is -1.18. The quantitative estimate of drug-likeness (QED) is 0.438. The van der Waals surface area contributed by atoms with Crippen molar-refractivity contribution in [2.24, 2.45) is 17.8 Å². The Hall–Kier alpha value is -2.94. The molecule has 8 nitrogen and oxygen atoms in total. The van der Waals surface area contributed by atoms with E-state index in [0.717, 1.165) is 5.56 Å². The van der Waals surface area contributed by atoms with E-state index in [4.69, 9.17) is 16.3 Å². The van der Waals surface area contributed by atoms with E-state index in [1.807, 2.05) is 51.1 Å². The molecule has 3 amide bonds. The van der Waals surface area contributed by atoms with Crippen molar-refractivity contribution in [1.29, 1.82) is 0 Å². The Labute approximate surface area is 234 Å². The van der Waals surface area contributed by atoms with Crippen LogP contribution in [0.4, 0.5) is 5.69 Å². The largest absolute Gasteiger partial charge is 0.394 e. The second-order valence-electron chi connectivity index (χ2n) is 11.6. The number of halogens is 1. The van der Waals surface area contributed by atoms with Crippen LogP contribution in [0.3, 0.4) is 0 Å². The number of hydrogen-bond donors (Lipinski definition) is 3. The van der Waals surface area contributed by atoms with Gasteiger partial charge in [-0.25, -0.2) is 0 Å². The zero-order valence-corrected chi connectivity index (χ0v) is 23.3. The smallest absolute Gasteiger partial charge is 0.250 e. The van der Waals surface area contributed by atoms with Gasteiger partial charge in [0.25, 0.3) is 0 Å². The topological polar surface area (TPSA) is 108 Å². The lowest BCUT2D eigenvalue weighted by molar-refractivity contribution is -0.148. The maximum atomic E-state index is 14.3. The van der Waals surface area contributed by atoms with Crippen LogP contribution in [0.15, 0.2) is 54.6 Å². The fourth-order valence-corrected chi connectivity index (χ4v) is 7.12. The third-order valence-electron chi connectivity index (χ3n) is 8.53. The number of benzene rings is 2. The number of nitrogens with one attached hydrogen (secondary N) is 2. The molecule has 6 atom stereocenters. The fourth-order valence-electron chi connectivity index (χ4n) is 6.94. The predicted molar refractivity (Wildman–Crippen MR) is 148 cm³/mol. The SMILES string of the molecule is CC(C)C[C@H](CO)N1C(=O)[C@@H]2[C@@H](C(=O)NCc3ccccc3)[C@@]3(C)CCC2(O3)C1C(=O)Nc1ccccc1Cl. The van der Waals surface area contributed by atoms with Gasteiger partial charge in [-0.05, 0) is 49.8 Å². The number of carbonyl (C=O) groups excluding carboxylic acids is 3. The number of aliphatic hydroxyl groups excluding tert-OH is 1. The summed E-state index contributed by atoms with van der Waals surface area (Å²) < 4.78 is 6.66. The highest BCUT2D eigenvalue weighted by atomic mass is 35.5. The lowest BCUT2D eigenvalue weighted by Crippen LogP contribution is -2.56. The van der Waals surface area contributed by atoms with Crippen LogP contribution in [-0.4, -0.2) is 57.6 Å². The van der Waals surface area contributed by atoms with Gasteiger partial charge in [-0.3, -0.25) is 14.4 Å². The highest BCUT2D eigenvalue weighted by Crippen LogP contribution is 2.63. The van der Waals surface area contributed by atoms with Crippen molar-refractivity contribution in [3.8, 4) is 0 Å². The van der Waals surface area contributed by atoms with E-state index in [1.54, 1.807) is 24.3 Å². The summed E-state index contributed by atoms with van der Waals surface area (Å²) in [4.78, 5) is 43.5. The van der Waals surface area contributed by atoms with Gasteiger partial charge in [0.05, 0.1) is 40.8 Å². The highest BCUT2D eigenvalue weighted by molar-refractivity contribution is 6.33. The number of hydrogen-bond acceptors (Lipinski definition) is 5. The van der Waals surface area contributed by atoms with Gasteiger partial charge in [0.15, 0.2) is 0 Å². The molecule has 2 aromatic carbocycles. The van der Waals surface area contributed by atoms with E-state index in [0.29, 0.717) is 36.5 Å². The van der Waals surface area contributed by atoms with Gasteiger partial charge in [0, 0.05) is 6.54 Å². The first kappa shape index (κ1) is 27.6. The number of fused-ring (bicyclic) bond motifs is 1. The maximum absolute atomic E-state index is 14.3. The fraction of sp³-hybridized carbons (Fsp3) is 0.500. The molecule has 0 saturated carbocycles. The Bertz CT molecular complexity index is 1260. The molecule has 3 aliphatic heterocycles. The van der Waals surface area contributed by atoms with Crippen LogP contribution >= 0.6 is 11.6 Å². The van der Waals surface area contributed by atoms with Gasteiger partial charge in [-0.15, -0.1) is 0 Å². The monoisotopic (exact) mass is 553 g/mol. The molecule has 3 saturated heterocycles. The van der Waals surface area contributed by atoms with Crippen LogP contribution in [-0.2, 0) is 25.7 Å². The molecular weight excluding hydrogens is 518 g/mol. The van der Waals surface area contributed by atoms with Crippen LogP contribution in [0.1, 0.15) is 45.6 Å². The first-order chi connectivity index (χ1) is 18.6. The van der Waals surface area contributed by atoms with Gasteiger partial charge < -0.3 is 25.4 Å². The third-order valence-corrected chi connectivity index (χ3v) is 8.86. The van der Waals surface area contributed by atoms with Crippen molar-refractivity contribution in [3.63, 3.8) is 0 Å². The standard InChI is InChI=1S/C30H36ClN3O5/c1-18(2)15-20(17-35)34-25(27(37)33-22-12-8-7-11-21(22)31)30-14-13-29(3,39-30)23(24(30)28(34)38)26(36)32-16-19-9-5-4-6-10-19/h4-12,18,20,23-25,35H,13-17H2,1-3H3,(H,32,36)(H,33,37)/t20-,23+,24+,25?,29-,30?/m1/s1. The molecule has 2 aromatic rings. The van der Waals surface area contributed by atoms with Gasteiger partial charge in [0.2, 0.25) is 17.7 Å². The maximum Gasteiger partial charge on any atom is 0.250 e. The number of aliphatic hydroxyl groups is 1. The Kier molecular flexibility index (Phi) is 7.48. The number of nitrogens with zero attached hydrogens (tertiary/aromatic N) is 1. The number of amides is 3. The number of likely N-dealkylation sites (tertiary alicyclic amines) is 1. The Morgan fingerprint density at radius 3 is 2.46 bits per heavy atom. The molecule has 0 radical (unpaired) electrons. The summed E-state index contributed by atoms with van der Waals surface area (Å²) in [5.74, 6) is -2.46. The second kappa shape index (κ2) is 10.6. The van der Waals surface area contributed by atoms with Crippen LogP contribution < -0.4 is 10.6 Å². The molecule has 2 unspecified atom stereocenters. The molecule has 5 rings (SSSR count). The summed E-state index contributed by atoms with van der Waals surface area (Å²) in [6.45, 7) is 5.90. The van der Waals surface area contributed by atoms with Crippen molar-refractivity contribution in [3.05, 3.63) is 65.2 Å². The molecule has 3 N–H and O–H groups in total. The molecule has 0 aromatic heterocycles. The molecule has 9 heteroatoms. The van der Waals surface area contributed by atoms with E-state index in [2.05, 4.69) is 10.6 Å². The first-order valence-electron chi connectivity index (χ1n) is 13.6. The molecule has 39 heavy (non-hydrogen) atoms. The predicted octanol–water partition coefficient (Wildman–Crippen LogP) is 3.77. The average molecular weight is 554 g/mol. The minimum absolute atomic E-state index is 0.167. The zero-order chi connectivity index (χ0) is 27.9. The van der Waals surface area contributed by atoms with Gasteiger partial charge >= 0.3 is 0 Å². The van der Waals surface area contributed by atoms with Gasteiger partial charge in [-0.2, -0.15) is 0 Å². The van der Waals surface area contributed by atoms with Crippen molar-refractivity contribution >= 4 is 35.0 Å². The van der Waals surface area contributed by atoms with E-state index < -0.39 is 41.0 Å².